The molecule has 0 heterocycles. The van der Waals surface area contributed by atoms with Gasteiger partial charge in [-0.1, -0.05) is 25.7 Å². The molecule has 0 aromatic heterocycles. The number of rotatable bonds is 27. The lowest BCUT2D eigenvalue weighted by molar-refractivity contribution is -0.0169. The van der Waals surface area contributed by atoms with Crippen LogP contribution in [0.15, 0.2) is 0 Å². The molecule has 8 heteroatoms. The summed E-state index contributed by atoms with van der Waals surface area (Å²) in [7, 11) is 0. The lowest BCUT2D eigenvalue weighted by atomic mass is 10.2. The van der Waals surface area contributed by atoms with Crippen molar-refractivity contribution in [2.45, 2.75) is 51.4 Å². The monoisotopic (exact) mass is 474 g/mol. The van der Waals surface area contributed by atoms with E-state index >= 15 is 0 Å². The van der Waals surface area contributed by atoms with Crippen molar-refractivity contribution >= 4 is 23.2 Å². The summed E-state index contributed by atoms with van der Waals surface area (Å²) >= 11 is 11.3. The molecule has 0 saturated carbocycles. The first-order valence-corrected chi connectivity index (χ1v) is 12.6. The van der Waals surface area contributed by atoms with Gasteiger partial charge in [-0.05, 0) is 25.7 Å². The minimum atomic E-state index is 0.564. The molecule has 0 unspecified atom stereocenters. The van der Waals surface area contributed by atoms with Crippen LogP contribution >= 0.6 is 23.2 Å². The minimum absolute atomic E-state index is 0.564. The van der Waals surface area contributed by atoms with Gasteiger partial charge in [0, 0.05) is 25.0 Å². The molecule has 0 N–H and O–H groups in total. The summed E-state index contributed by atoms with van der Waals surface area (Å²) in [5, 5.41) is 0. The number of halogens is 2. The molecule has 0 aliphatic rings. The van der Waals surface area contributed by atoms with Gasteiger partial charge >= 0.3 is 0 Å². The molecule has 0 saturated heterocycles. The highest BCUT2D eigenvalue weighted by molar-refractivity contribution is 6.18. The van der Waals surface area contributed by atoms with Crippen LogP contribution in [0.3, 0.4) is 0 Å². The van der Waals surface area contributed by atoms with E-state index in [1.165, 1.54) is 25.7 Å². The maximum Gasteiger partial charge on any atom is 0.0701 e. The highest BCUT2D eigenvalue weighted by Crippen LogP contribution is 2.01. The number of unbranched alkanes of at least 4 members (excludes halogenated alkanes) is 6. The van der Waals surface area contributed by atoms with Gasteiger partial charge in [0.25, 0.3) is 0 Å². The normalized spacial score (nSPS) is 11.4. The van der Waals surface area contributed by atoms with Gasteiger partial charge in [-0.3, -0.25) is 0 Å². The van der Waals surface area contributed by atoms with Crippen molar-refractivity contribution < 1.29 is 28.4 Å². The Morgan fingerprint density at radius 3 is 0.767 bits per heavy atom. The molecule has 0 aliphatic heterocycles. The molecule has 0 rings (SSSR count). The molecule has 0 aromatic carbocycles. The van der Waals surface area contributed by atoms with Crippen molar-refractivity contribution in [3.8, 4) is 0 Å². The average Bonchev–Trinajstić information content (AvgIpc) is 2.76. The SMILES string of the molecule is ClCCCCCCOCCOCCOCCOCCOCCOCCCCCCCl. The van der Waals surface area contributed by atoms with Gasteiger partial charge in [0.2, 0.25) is 0 Å². The van der Waals surface area contributed by atoms with Gasteiger partial charge in [0.15, 0.2) is 0 Å². The largest absolute Gasteiger partial charge is 0.379 e. The Morgan fingerprint density at radius 2 is 0.500 bits per heavy atom. The van der Waals surface area contributed by atoms with Gasteiger partial charge in [-0.2, -0.15) is 0 Å². The standard InChI is InChI=1S/C22H44Cl2O6/c23-9-5-1-3-7-11-25-13-15-27-17-19-29-21-22-30-20-18-28-16-14-26-12-8-4-2-6-10-24/h1-22H2. The Morgan fingerprint density at radius 1 is 0.267 bits per heavy atom. The highest BCUT2D eigenvalue weighted by atomic mass is 35.5. The molecular formula is C22H44Cl2O6. The minimum Gasteiger partial charge on any atom is -0.379 e. The lowest BCUT2D eigenvalue weighted by Gasteiger charge is -2.08. The van der Waals surface area contributed by atoms with E-state index in [0.717, 1.165) is 50.7 Å². The summed E-state index contributed by atoms with van der Waals surface area (Å²) in [4.78, 5) is 0. The highest BCUT2D eigenvalue weighted by Gasteiger charge is 1.95. The fourth-order valence-electron chi connectivity index (χ4n) is 2.51. The molecule has 0 spiro atoms. The molecule has 0 atom stereocenters. The molecule has 0 aromatic rings. The van der Waals surface area contributed by atoms with Gasteiger partial charge in [0.1, 0.15) is 0 Å². The zero-order valence-electron chi connectivity index (χ0n) is 18.8. The smallest absolute Gasteiger partial charge is 0.0701 e. The van der Waals surface area contributed by atoms with Gasteiger partial charge in [-0.25, -0.2) is 0 Å². The van der Waals surface area contributed by atoms with Crippen molar-refractivity contribution in [2.24, 2.45) is 0 Å². The molecule has 30 heavy (non-hydrogen) atoms. The summed E-state index contributed by atoms with van der Waals surface area (Å²) in [6.07, 6.45) is 9.10. The molecular weight excluding hydrogens is 431 g/mol. The molecule has 0 radical (unpaired) electrons. The third kappa shape index (κ3) is 28.3. The van der Waals surface area contributed by atoms with Crippen molar-refractivity contribution in [1.29, 1.82) is 0 Å². The maximum absolute atomic E-state index is 5.63. The second-order valence-electron chi connectivity index (χ2n) is 6.88. The summed E-state index contributed by atoms with van der Waals surface area (Å²) in [6, 6.07) is 0. The maximum atomic E-state index is 5.63. The van der Waals surface area contributed by atoms with E-state index in [9.17, 15) is 0 Å². The first-order chi connectivity index (χ1) is 14.9. The molecule has 0 amide bonds. The van der Waals surface area contributed by atoms with Crippen molar-refractivity contribution in [3.63, 3.8) is 0 Å². The third-order valence-electron chi connectivity index (χ3n) is 4.20. The van der Waals surface area contributed by atoms with E-state index in [2.05, 4.69) is 0 Å². The average molecular weight is 475 g/mol. The molecule has 182 valence electrons. The molecule has 6 nitrogen and oxygen atoms in total. The lowest BCUT2D eigenvalue weighted by Crippen LogP contribution is -2.14. The Labute approximate surface area is 194 Å². The number of ether oxygens (including phenoxy) is 6. The summed E-state index contributed by atoms with van der Waals surface area (Å²) < 4.78 is 32.8. The van der Waals surface area contributed by atoms with Crippen molar-refractivity contribution in [3.05, 3.63) is 0 Å². The van der Waals surface area contributed by atoms with Crippen LogP contribution in [0.25, 0.3) is 0 Å². The molecule has 0 fully saturated rings. The van der Waals surface area contributed by atoms with Crippen molar-refractivity contribution in [1.82, 2.24) is 0 Å². The summed E-state index contributed by atoms with van der Waals surface area (Å²) in [5.41, 5.74) is 0. The Hall–Kier alpha value is 0.340. The van der Waals surface area contributed by atoms with E-state index in [0.29, 0.717) is 66.1 Å². The van der Waals surface area contributed by atoms with Crippen LogP contribution in [0, 0.1) is 0 Å². The molecule has 0 bridgehead atoms. The fraction of sp³-hybridized carbons (Fsp3) is 1.00. The van der Waals surface area contributed by atoms with E-state index in [-0.39, 0.29) is 0 Å². The topological polar surface area (TPSA) is 55.4 Å². The van der Waals surface area contributed by atoms with E-state index < -0.39 is 0 Å². The van der Waals surface area contributed by atoms with Gasteiger partial charge in [0.05, 0.1) is 66.1 Å². The van der Waals surface area contributed by atoms with E-state index in [1.807, 2.05) is 0 Å². The predicted octanol–water partition coefficient (Wildman–Crippen LogP) is 4.68. The number of alkyl halides is 2. The van der Waals surface area contributed by atoms with E-state index in [4.69, 9.17) is 51.6 Å². The Bertz CT molecular complexity index is 273. The van der Waals surface area contributed by atoms with Crippen LogP contribution in [-0.2, 0) is 28.4 Å². The van der Waals surface area contributed by atoms with Crippen LogP contribution in [-0.4, -0.2) is 91.0 Å². The Balaban J connectivity index is 2.97. The van der Waals surface area contributed by atoms with Crippen LogP contribution < -0.4 is 0 Å². The number of hydrogen-bond acceptors (Lipinski definition) is 6. The van der Waals surface area contributed by atoms with E-state index in [1.54, 1.807) is 0 Å². The Kier molecular flexibility index (Phi) is 29.7. The van der Waals surface area contributed by atoms with Crippen LogP contribution in [0.5, 0.6) is 0 Å². The van der Waals surface area contributed by atoms with Crippen LogP contribution in [0.2, 0.25) is 0 Å². The summed E-state index contributed by atoms with van der Waals surface area (Å²) in [6.45, 7) is 7.51. The van der Waals surface area contributed by atoms with Crippen LogP contribution in [0.4, 0.5) is 0 Å². The predicted molar refractivity (Wildman–Crippen MR) is 123 cm³/mol. The second-order valence-corrected chi connectivity index (χ2v) is 7.64. The van der Waals surface area contributed by atoms with Gasteiger partial charge in [-0.15, -0.1) is 23.2 Å². The summed E-state index contributed by atoms with van der Waals surface area (Å²) in [5.74, 6) is 1.51. The van der Waals surface area contributed by atoms with Gasteiger partial charge < -0.3 is 28.4 Å². The zero-order valence-corrected chi connectivity index (χ0v) is 20.3. The first-order valence-electron chi connectivity index (χ1n) is 11.5. The zero-order chi connectivity index (χ0) is 21.8. The molecule has 0 aliphatic carbocycles. The third-order valence-corrected chi connectivity index (χ3v) is 4.74. The van der Waals surface area contributed by atoms with Crippen LogP contribution in [0.1, 0.15) is 51.4 Å². The first kappa shape index (κ1) is 30.3. The quantitative estimate of drug-likeness (QED) is 0.127. The van der Waals surface area contributed by atoms with Crippen molar-refractivity contribution in [2.75, 3.05) is 91.0 Å². The number of hydrogen-bond donors (Lipinski definition) is 0. The fourth-order valence-corrected chi connectivity index (χ4v) is 2.88. The second kappa shape index (κ2) is 29.3.